The number of hydrogen-bond donors (Lipinski definition) is 2. The monoisotopic (exact) mass is 371 g/mol. The van der Waals surface area contributed by atoms with Crippen molar-refractivity contribution in [3.05, 3.63) is 28.7 Å². The first-order valence-corrected chi connectivity index (χ1v) is 9.12. The molecule has 1 fully saturated rings. The third kappa shape index (κ3) is 5.64. The van der Waals surface area contributed by atoms with Crippen LogP contribution in [0, 0.1) is 5.92 Å². The van der Waals surface area contributed by atoms with Gasteiger partial charge in [-0.3, -0.25) is 4.79 Å². The number of amides is 1. The number of benzene rings is 1. The average Bonchev–Trinajstić information content (AvgIpc) is 2.48. The fraction of sp³-hybridized carbons (Fsp3) is 0.562. The van der Waals surface area contributed by atoms with Crippen LogP contribution in [-0.4, -0.2) is 28.9 Å². The maximum atomic E-state index is 11.9. The molecule has 0 aromatic heterocycles. The Kier molecular flexibility index (Phi) is 6.14. The summed E-state index contributed by atoms with van der Waals surface area (Å²) in [5.41, 5.74) is -0.704. The number of aliphatic hydroxyl groups is 1. The van der Waals surface area contributed by atoms with Crippen LogP contribution in [0.4, 0.5) is 0 Å². The highest BCUT2D eigenvalue weighted by molar-refractivity contribution is 9.10. The van der Waals surface area contributed by atoms with Crippen LogP contribution in [0.1, 0.15) is 32.6 Å². The summed E-state index contributed by atoms with van der Waals surface area (Å²) in [6, 6.07) is 7.90. The zero-order valence-electron chi connectivity index (χ0n) is 12.3. The number of nitrogens with one attached hydrogen (secondary N) is 1. The lowest BCUT2D eigenvalue weighted by Gasteiger charge is -2.34. The van der Waals surface area contributed by atoms with Crippen LogP contribution in [-0.2, 0) is 4.79 Å². The molecule has 0 atom stereocenters. The van der Waals surface area contributed by atoms with Gasteiger partial charge in [-0.2, -0.15) is 0 Å². The minimum Gasteiger partial charge on any atom is -0.388 e. The van der Waals surface area contributed by atoms with Crippen LogP contribution in [0.25, 0.3) is 0 Å². The van der Waals surface area contributed by atoms with Gasteiger partial charge in [-0.15, -0.1) is 11.8 Å². The molecule has 1 aliphatic carbocycles. The zero-order valence-corrected chi connectivity index (χ0v) is 14.7. The molecule has 0 unspecified atom stereocenters. The Bertz CT molecular complexity index is 470. The van der Waals surface area contributed by atoms with Crippen LogP contribution in [0.15, 0.2) is 33.6 Å². The lowest BCUT2D eigenvalue weighted by Crippen LogP contribution is -2.45. The van der Waals surface area contributed by atoms with Crippen LogP contribution in [0.3, 0.4) is 0 Å². The number of rotatable bonds is 5. The highest BCUT2D eigenvalue weighted by atomic mass is 79.9. The molecule has 1 aromatic rings. The Balaban J connectivity index is 1.71. The molecule has 116 valence electrons. The summed E-state index contributed by atoms with van der Waals surface area (Å²) in [4.78, 5) is 12.9. The van der Waals surface area contributed by atoms with Gasteiger partial charge in [0.15, 0.2) is 0 Å². The quantitative estimate of drug-likeness (QED) is 0.777. The predicted octanol–water partition coefficient (Wildman–Crippen LogP) is 3.60. The van der Waals surface area contributed by atoms with Gasteiger partial charge < -0.3 is 10.4 Å². The Morgan fingerprint density at radius 3 is 2.62 bits per heavy atom. The summed E-state index contributed by atoms with van der Waals surface area (Å²) < 4.78 is 1.03. The first kappa shape index (κ1) is 16.8. The van der Waals surface area contributed by atoms with Crippen molar-refractivity contribution in [2.75, 3.05) is 12.3 Å². The second-order valence-corrected chi connectivity index (χ2v) is 7.89. The Hall–Kier alpha value is -0.520. The third-order valence-corrected chi connectivity index (χ3v) is 5.54. The lowest BCUT2D eigenvalue weighted by molar-refractivity contribution is -0.120. The van der Waals surface area contributed by atoms with E-state index in [-0.39, 0.29) is 5.91 Å². The smallest absolute Gasteiger partial charge is 0.230 e. The summed E-state index contributed by atoms with van der Waals surface area (Å²) in [6.07, 6.45) is 3.66. The average molecular weight is 372 g/mol. The molecule has 0 spiro atoms. The maximum Gasteiger partial charge on any atom is 0.230 e. The highest BCUT2D eigenvalue weighted by Gasteiger charge is 2.31. The maximum absolute atomic E-state index is 11.9. The molecular formula is C16H22BrNO2S. The fourth-order valence-electron chi connectivity index (χ4n) is 2.47. The minimum absolute atomic E-state index is 0.0186. The van der Waals surface area contributed by atoms with E-state index < -0.39 is 5.60 Å². The van der Waals surface area contributed by atoms with Gasteiger partial charge in [0.25, 0.3) is 0 Å². The van der Waals surface area contributed by atoms with Crippen LogP contribution in [0.5, 0.6) is 0 Å². The van der Waals surface area contributed by atoms with Gasteiger partial charge in [0, 0.05) is 15.9 Å². The summed E-state index contributed by atoms with van der Waals surface area (Å²) >= 11 is 4.90. The van der Waals surface area contributed by atoms with E-state index in [1.165, 1.54) is 11.8 Å². The lowest BCUT2D eigenvalue weighted by atomic mass is 9.79. The van der Waals surface area contributed by atoms with Gasteiger partial charge in [-0.1, -0.05) is 22.9 Å². The van der Waals surface area contributed by atoms with Crippen molar-refractivity contribution < 1.29 is 9.90 Å². The summed E-state index contributed by atoms with van der Waals surface area (Å²) in [5, 5.41) is 13.3. The molecule has 0 bridgehead atoms. The van der Waals surface area contributed by atoms with Crippen molar-refractivity contribution in [1.82, 2.24) is 5.32 Å². The topological polar surface area (TPSA) is 49.3 Å². The predicted molar refractivity (Wildman–Crippen MR) is 90.5 cm³/mol. The Morgan fingerprint density at radius 1 is 1.38 bits per heavy atom. The summed E-state index contributed by atoms with van der Waals surface area (Å²) in [7, 11) is 0. The molecule has 0 saturated heterocycles. The molecule has 0 aliphatic heterocycles. The van der Waals surface area contributed by atoms with Crippen molar-refractivity contribution in [3.63, 3.8) is 0 Å². The van der Waals surface area contributed by atoms with E-state index in [1.807, 2.05) is 24.3 Å². The van der Waals surface area contributed by atoms with Gasteiger partial charge >= 0.3 is 0 Å². The molecule has 0 heterocycles. The van der Waals surface area contributed by atoms with Crippen molar-refractivity contribution in [1.29, 1.82) is 0 Å². The van der Waals surface area contributed by atoms with Gasteiger partial charge in [-0.25, -0.2) is 0 Å². The van der Waals surface area contributed by atoms with Gasteiger partial charge in [0.05, 0.1) is 11.4 Å². The Morgan fingerprint density at radius 2 is 2.00 bits per heavy atom. The van der Waals surface area contributed by atoms with E-state index in [0.717, 1.165) is 35.1 Å². The van der Waals surface area contributed by atoms with Gasteiger partial charge in [0.1, 0.15) is 0 Å². The van der Waals surface area contributed by atoms with E-state index in [2.05, 4.69) is 28.2 Å². The van der Waals surface area contributed by atoms with Gasteiger partial charge in [0.2, 0.25) is 5.91 Å². The van der Waals surface area contributed by atoms with E-state index >= 15 is 0 Å². The first-order chi connectivity index (χ1) is 9.97. The van der Waals surface area contributed by atoms with Crippen LogP contribution in [0.2, 0.25) is 0 Å². The van der Waals surface area contributed by atoms with E-state index in [4.69, 9.17) is 0 Å². The molecule has 1 aromatic carbocycles. The van der Waals surface area contributed by atoms with E-state index in [9.17, 15) is 9.90 Å². The fourth-order valence-corrected chi connectivity index (χ4v) is 3.46. The second-order valence-electron chi connectivity index (χ2n) is 5.93. The zero-order chi connectivity index (χ0) is 15.3. The number of carbonyl (C=O) groups excluding carboxylic acids is 1. The van der Waals surface area contributed by atoms with Crippen LogP contribution >= 0.6 is 27.7 Å². The molecule has 2 N–H and O–H groups in total. The van der Waals surface area contributed by atoms with E-state index in [0.29, 0.717) is 18.2 Å². The first-order valence-electron chi connectivity index (χ1n) is 7.34. The minimum atomic E-state index is -0.704. The van der Waals surface area contributed by atoms with E-state index in [1.54, 1.807) is 0 Å². The summed E-state index contributed by atoms with van der Waals surface area (Å²) in [6.45, 7) is 2.59. The summed E-state index contributed by atoms with van der Waals surface area (Å²) in [5.74, 6) is 1.05. The Labute approximate surface area is 139 Å². The molecule has 1 saturated carbocycles. The number of carbonyl (C=O) groups is 1. The molecule has 3 nitrogen and oxygen atoms in total. The molecule has 1 aliphatic rings. The highest BCUT2D eigenvalue weighted by Crippen LogP contribution is 2.31. The van der Waals surface area contributed by atoms with Crippen molar-refractivity contribution in [2.45, 2.75) is 43.1 Å². The van der Waals surface area contributed by atoms with Gasteiger partial charge in [-0.05, 0) is 55.9 Å². The van der Waals surface area contributed by atoms with Crippen LogP contribution < -0.4 is 5.32 Å². The molecule has 2 rings (SSSR count). The number of thioether (sulfide) groups is 1. The molecule has 0 radical (unpaired) electrons. The largest absolute Gasteiger partial charge is 0.388 e. The van der Waals surface area contributed by atoms with Crippen molar-refractivity contribution >= 4 is 33.6 Å². The standard InChI is InChI=1S/C16H22BrNO2S/c1-12-6-8-16(20,9-7-12)11-18-15(19)10-21-14-4-2-13(17)3-5-14/h2-5,12,20H,6-11H2,1H3,(H,18,19). The normalized spacial score (nSPS) is 25.6. The molecule has 21 heavy (non-hydrogen) atoms. The number of hydrogen-bond acceptors (Lipinski definition) is 3. The SMILES string of the molecule is CC1CCC(O)(CNC(=O)CSc2ccc(Br)cc2)CC1. The third-order valence-electron chi connectivity index (χ3n) is 4.00. The number of halogens is 1. The molecular weight excluding hydrogens is 350 g/mol. The molecule has 1 amide bonds. The van der Waals surface area contributed by atoms with Crippen molar-refractivity contribution in [2.24, 2.45) is 5.92 Å². The molecule has 5 heteroatoms. The van der Waals surface area contributed by atoms with Crippen molar-refractivity contribution in [3.8, 4) is 0 Å². The second kappa shape index (κ2) is 7.65.